The smallest absolute Gasteiger partial charge is 0.230 e. The molecule has 0 radical (unpaired) electrons. The van der Waals surface area contributed by atoms with Gasteiger partial charge in [-0.25, -0.2) is 4.98 Å². The Kier molecular flexibility index (Phi) is 6.23. The molecule has 126 valence electrons. The van der Waals surface area contributed by atoms with Crippen LogP contribution in [0.25, 0.3) is 0 Å². The molecular weight excluding hydrogens is 328 g/mol. The summed E-state index contributed by atoms with van der Waals surface area (Å²) in [7, 11) is 0. The third-order valence-electron chi connectivity index (χ3n) is 3.81. The number of carbonyl (C=O) groups is 1. The quantitative estimate of drug-likeness (QED) is 0.648. The Morgan fingerprint density at radius 2 is 1.60 bits per heavy atom. The molecule has 0 bridgehead atoms. The molecule has 3 rings (SSSR count). The van der Waals surface area contributed by atoms with Crippen LogP contribution in [0.2, 0.25) is 0 Å². The number of pyridine rings is 1. The highest BCUT2D eigenvalue weighted by molar-refractivity contribution is 7.99. The third kappa shape index (κ3) is 5.47. The van der Waals surface area contributed by atoms with Crippen LogP contribution in [0, 0.1) is 0 Å². The molecule has 0 aliphatic rings. The fourth-order valence-corrected chi connectivity index (χ4v) is 3.27. The number of hydrogen-bond acceptors (Lipinski definition) is 3. The number of nitrogens with one attached hydrogen (secondary N) is 1. The number of benzene rings is 2. The average Bonchev–Trinajstić information content (AvgIpc) is 2.68. The maximum Gasteiger partial charge on any atom is 0.230 e. The summed E-state index contributed by atoms with van der Waals surface area (Å²) in [6, 6.07) is 26.0. The maximum atomic E-state index is 12.4. The number of rotatable bonds is 7. The van der Waals surface area contributed by atoms with Gasteiger partial charge in [0.1, 0.15) is 0 Å². The van der Waals surface area contributed by atoms with Gasteiger partial charge >= 0.3 is 0 Å². The molecule has 1 aromatic heterocycles. The van der Waals surface area contributed by atoms with E-state index < -0.39 is 0 Å². The van der Waals surface area contributed by atoms with Crippen LogP contribution < -0.4 is 5.32 Å². The monoisotopic (exact) mass is 348 g/mol. The number of thioether (sulfide) groups is 1. The van der Waals surface area contributed by atoms with Crippen LogP contribution in [0.1, 0.15) is 17.2 Å². The second-order valence-electron chi connectivity index (χ2n) is 5.68. The van der Waals surface area contributed by atoms with Gasteiger partial charge in [0.15, 0.2) is 0 Å². The lowest BCUT2D eigenvalue weighted by Crippen LogP contribution is -2.31. The van der Waals surface area contributed by atoms with Gasteiger partial charge in [-0.2, -0.15) is 0 Å². The van der Waals surface area contributed by atoms with Crippen LogP contribution in [-0.4, -0.2) is 16.6 Å². The molecule has 0 spiro atoms. The highest BCUT2D eigenvalue weighted by Crippen LogP contribution is 2.19. The SMILES string of the molecule is O=C(CSc1ccccn1)N[C@@H](Cc1ccccc1)c1ccccc1. The number of aromatic nitrogens is 1. The molecule has 25 heavy (non-hydrogen) atoms. The van der Waals surface area contributed by atoms with Crippen molar-refractivity contribution in [1.82, 2.24) is 10.3 Å². The molecule has 1 atom stereocenters. The van der Waals surface area contributed by atoms with E-state index in [9.17, 15) is 4.79 Å². The van der Waals surface area contributed by atoms with Gasteiger partial charge in [-0.15, -0.1) is 0 Å². The summed E-state index contributed by atoms with van der Waals surface area (Å²) >= 11 is 1.45. The van der Waals surface area contributed by atoms with Gasteiger partial charge in [0.25, 0.3) is 0 Å². The Morgan fingerprint density at radius 3 is 2.28 bits per heavy atom. The van der Waals surface area contributed by atoms with E-state index in [1.165, 1.54) is 17.3 Å². The third-order valence-corrected chi connectivity index (χ3v) is 4.75. The van der Waals surface area contributed by atoms with E-state index >= 15 is 0 Å². The molecule has 3 nitrogen and oxygen atoms in total. The lowest BCUT2D eigenvalue weighted by Gasteiger charge is -2.19. The van der Waals surface area contributed by atoms with E-state index in [1.807, 2.05) is 54.6 Å². The van der Waals surface area contributed by atoms with Crippen molar-refractivity contribution in [2.24, 2.45) is 0 Å². The fourth-order valence-electron chi connectivity index (χ4n) is 2.60. The minimum absolute atomic E-state index is 0.0143. The van der Waals surface area contributed by atoms with Gasteiger partial charge in [0.2, 0.25) is 5.91 Å². The molecular formula is C21H20N2OS. The Balaban J connectivity index is 1.66. The molecule has 0 unspecified atom stereocenters. The van der Waals surface area contributed by atoms with Gasteiger partial charge in [-0.1, -0.05) is 78.5 Å². The van der Waals surface area contributed by atoms with Crippen LogP contribution in [0.3, 0.4) is 0 Å². The molecule has 1 amide bonds. The fraction of sp³-hybridized carbons (Fsp3) is 0.143. The zero-order valence-electron chi connectivity index (χ0n) is 13.8. The lowest BCUT2D eigenvalue weighted by atomic mass is 9.99. The van der Waals surface area contributed by atoms with Crippen LogP contribution in [0.15, 0.2) is 90.1 Å². The number of hydrogen-bond donors (Lipinski definition) is 1. The zero-order chi connectivity index (χ0) is 17.3. The first-order valence-electron chi connectivity index (χ1n) is 8.23. The normalized spacial score (nSPS) is 11.7. The molecule has 0 saturated carbocycles. The predicted molar refractivity (Wildman–Crippen MR) is 102 cm³/mol. The molecule has 0 fully saturated rings. The van der Waals surface area contributed by atoms with Crippen molar-refractivity contribution < 1.29 is 4.79 Å². The standard InChI is InChI=1S/C21H20N2OS/c24-20(16-25-21-13-7-8-14-22-21)23-19(18-11-5-2-6-12-18)15-17-9-3-1-4-10-17/h1-14,19H,15-16H2,(H,23,24)/t19-/m0/s1. The van der Waals surface area contributed by atoms with Crippen LogP contribution in [-0.2, 0) is 11.2 Å². The average molecular weight is 348 g/mol. The summed E-state index contributed by atoms with van der Waals surface area (Å²) in [5.41, 5.74) is 2.32. The van der Waals surface area contributed by atoms with Gasteiger partial charge in [0, 0.05) is 6.20 Å². The van der Waals surface area contributed by atoms with Crippen molar-refractivity contribution in [3.63, 3.8) is 0 Å². The number of amides is 1. The van der Waals surface area contributed by atoms with Crippen molar-refractivity contribution in [2.75, 3.05) is 5.75 Å². The number of nitrogens with zero attached hydrogens (tertiary/aromatic N) is 1. The first-order valence-corrected chi connectivity index (χ1v) is 9.22. The molecule has 4 heteroatoms. The summed E-state index contributed by atoms with van der Waals surface area (Å²) in [5.74, 6) is 0.371. The van der Waals surface area contributed by atoms with Crippen LogP contribution in [0.5, 0.6) is 0 Å². The van der Waals surface area contributed by atoms with Crippen LogP contribution in [0.4, 0.5) is 0 Å². The van der Waals surface area contributed by atoms with Gasteiger partial charge < -0.3 is 5.32 Å². The van der Waals surface area contributed by atoms with E-state index in [0.29, 0.717) is 5.75 Å². The summed E-state index contributed by atoms with van der Waals surface area (Å²) in [6.07, 6.45) is 2.51. The molecule has 0 saturated heterocycles. The van der Waals surface area contributed by atoms with Crippen molar-refractivity contribution in [3.8, 4) is 0 Å². The van der Waals surface area contributed by atoms with Gasteiger partial charge in [-0.3, -0.25) is 4.79 Å². The van der Waals surface area contributed by atoms with Crippen molar-refractivity contribution in [3.05, 3.63) is 96.2 Å². The van der Waals surface area contributed by atoms with E-state index in [1.54, 1.807) is 6.20 Å². The maximum absolute atomic E-state index is 12.4. The van der Waals surface area contributed by atoms with Crippen molar-refractivity contribution >= 4 is 17.7 Å². The predicted octanol–water partition coefficient (Wildman–Crippen LogP) is 4.27. The van der Waals surface area contributed by atoms with Gasteiger partial charge in [-0.05, 0) is 29.7 Å². The largest absolute Gasteiger partial charge is 0.348 e. The molecule has 0 aliphatic heterocycles. The molecule has 0 aliphatic carbocycles. The highest BCUT2D eigenvalue weighted by atomic mass is 32.2. The topological polar surface area (TPSA) is 42.0 Å². The summed E-state index contributed by atoms with van der Waals surface area (Å²) in [5, 5.41) is 4.02. The van der Waals surface area contributed by atoms with Gasteiger partial charge in [0.05, 0.1) is 16.8 Å². The number of carbonyl (C=O) groups excluding carboxylic acids is 1. The minimum atomic E-state index is -0.0413. The Hall–Kier alpha value is -2.59. The second-order valence-corrected chi connectivity index (χ2v) is 6.67. The molecule has 1 heterocycles. The summed E-state index contributed by atoms with van der Waals surface area (Å²) in [4.78, 5) is 16.7. The molecule has 1 N–H and O–H groups in total. The van der Waals surface area contributed by atoms with E-state index in [-0.39, 0.29) is 11.9 Å². The molecule has 2 aromatic carbocycles. The van der Waals surface area contributed by atoms with Crippen molar-refractivity contribution in [1.29, 1.82) is 0 Å². The summed E-state index contributed by atoms with van der Waals surface area (Å²) < 4.78 is 0. The van der Waals surface area contributed by atoms with E-state index in [2.05, 4.69) is 34.6 Å². The van der Waals surface area contributed by atoms with Crippen LogP contribution >= 0.6 is 11.8 Å². The highest BCUT2D eigenvalue weighted by Gasteiger charge is 2.15. The first-order chi connectivity index (χ1) is 12.3. The minimum Gasteiger partial charge on any atom is -0.348 e. The Morgan fingerprint density at radius 1 is 0.920 bits per heavy atom. The Labute approximate surface area is 152 Å². The summed E-state index contributed by atoms with van der Waals surface area (Å²) in [6.45, 7) is 0. The lowest BCUT2D eigenvalue weighted by molar-refractivity contribution is -0.119. The first kappa shape index (κ1) is 17.2. The molecule has 3 aromatic rings. The zero-order valence-corrected chi connectivity index (χ0v) is 14.7. The van der Waals surface area contributed by atoms with E-state index in [4.69, 9.17) is 0 Å². The second kappa shape index (κ2) is 9.04. The van der Waals surface area contributed by atoms with Crippen molar-refractivity contribution in [2.45, 2.75) is 17.5 Å². The van der Waals surface area contributed by atoms with E-state index in [0.717, 1.165) is 17.0 Å². The Bertz CT molecular complexity index is 779.